The van der Waals surface area contributed by atoms with Crippen molar-refractivity contribution < 1.29 is 0 Å². The molecule has 0 saturated carbocycles. The zero-order valence-corrected chi connectivity index (χ0v) is 12.9. The molecule has 2 unspecified atom stereocenters. The molecule has 1 aliphatic heterocycles. The van der Waals surface area contributed by atoms with Gasteiger partial charge in [0.2, 0.25) is 0 Å². The Hall–Kier alpha value is -0.860. The molecule has 20 heavy (non-hydrogen) atoms. The number of likely N-dealkylation sites (tertiary alicyclic amines) is 1. The summed E-state index contributed by atoms with van der Waals surface area (Å²) in [4.78, 5) is 2.75. The molecule has 0 radical (unpaired) electrons. The van der Waals surface area contributed by atoms with Gasteiger partial charge in [0, 0.05) is 18.6 Å². The molecule has 2 atom stereocenters. The molecule has 0 amide bonds. The first-order chi connectivity index (χ1) is 9.74. The number of hydrogen-bond donors (Lipinski definition) is 1. The predicted molar refractivity (Wildman–Crippen MR) is 84.9 cm³/mol. The number of hydrogen-bond acceptors (Lipinski definition) is 2. The fourth-order valence-electron chi connectivity index (χ4n) is 3.86. The Morgan fingerprint density at radius 1 is 1.25 bits per heavy atom. The van der Waals surface area contributed by atoms with E-state index in [1.165, 1.54) is 45.3 Å². The van der Waals surface area contributed by atoms with Gasteiger partial charge in [0.05, 0.1) is 0 Å². The van der Waals surface area contributed by atoms with E-state index < -0.39 is 0 Å². The fourth-order valence-corrected chi connectivity index (χ4v) is 3.86. The Morgan fingerprint density at radius 3 is 2.95 bits per heavy atom. The van der Waals surface area contributed by atoms with Crippen LogP contribution in [0.2, 0.25) is 0 Å². The van der Waals surface area contributed by atoms with E-state index in [0.29, 0.717) is 12.1 Å². The summed E-state index contributed by atoms with van der Waals surface area (Å²) >= 11 is 0. The quantitative estimate of drug-likeness (QED) is 0.904. The van der Waals surface area contributed by atoms with E-state index in [1.807, 2.05) is 0 Å². The summed E-state index contributed by atoms with van der Waals surface area (Å²) in [5.41, 5.74) is 3.19. The van der Waals surface area contributed by atoms with Crippen LogP contribution in [0.4, 0.5) is 0 Å². The van der Waals surface area contributed by atoms with Crippen molar-refractivity contribution in [3.05, 3.63) is 35.4 Å². The van der Waals surface area contributed by atoms with Crippen molar-refractivity contribution in [1.29, 1.82) is 0 Å². The van der Waals surface area contributed by atoms with Gasteiger partial charge in [-0.15, -0.1) is 0 Å². The predicted octanol–water partition coefficient (Wildman–Crippen LogP) is 3.38. The maximum atomic E-state index is 3.62. The zero-order chi connectivity index (χ0) is 13.9. The SMILES string of the molecule is CC(C)NCC1CCCN(C2CCc3ccccc32)C1. The lowest BCUT2D eigenvalue weighted by atomic mass is 9.95. The molecule has 3 rings (SSSR count). The summed E-state index contributed by atoms with van der Waals surface area (Å²) in [5.74, 6) is 0.832. The van der Waals surface area contributed by atoms with Crippen molar-refractivity contribution in [3.8, 4) is 0 Å². The number of nitrogens with one attached hydrogen (secondary N) is 1. The minimum atomic E-state index is 0.609. The fraction of sp³-hybridized carbons (Fsp3) is 0.667. The Balaban J connectivity index is 1.63. The smallest absolute Gasteiger partial charge is 0.0354 e. The van der Waals surface area contributed by atoms with Crippen LogP contribution in [0, 0.1) is 5.92 Å². The Labute approximate surface area is 123 Å². The lowest BCUT2D eigenvalue weighted by molar-refractivity contribution is 0.121. The van der Waals surface area contributed by atoms with Crippen LogP contribution in [-0.2, 0) is 6.42 Å². The number of nitrogens with zero attached hydrogens (tertiary/aromatic N) is 1. The van der Waals surface area contributed by atoms with Crippen LogP contribution < -0.4 is 5.32 Å². The summed E-state index contributed by atoms with van der Waals surface area (Å²) < 4.78 is 0. The first kappa shape index (κ1) is 14.1. The number of rotatable bonds is 4. The Morgan fingerprint density at radius 2 is 2.10 bits per heavy atom. The summed E-state index contributed by atoms with van der Waals surface area (Å²) in [5, 5.41) is 3.62. The minimum Gasteiger partial charge on any atom is -0.314 e. The molecule has 1 fully saturated rings. The average Bonchev–Trinajstić information content (AvgIpc) is 2.89. The van der Waals surface area contributed by atoms with Gasteiger partial charge in [-0.1, -0.05) is 38.1 Å². The molecule has 1 aromatic rings. The van der Waals surface area contributed by atoms with Gasteiger partial charge in [-0.2, -0.15) is 0 Å². The number of fused-ring (bicyclic) bond motifs is 1. The summed E-state index contributed by atoms with van der Waals surface area (Å²) in [6, 6.07) is 10.4. The first-order valence-corrected chi connectivity index (χ1v) is 8.29. The highest BCUT2D eigenvalue weighted by Crippen LogP contribution is 2.37. The molecule has 2 aliphatic rings. The lowest BCUT2D eigenvalue weighted by Crippen LogP contribution is -2.42. The molecule has 2 nitrogen and oxygen atoms in total. The van der Waals surface area contributed by atoms with E-state index in [4.69, 9.17) is 0 Å². The maximum absolute atomic E-state index is 3.62. The van der Waals surface area contributed by atoms with Crippen molar-refractivity contribution in [2.24, 2.45) is 5.92 Å². The second-order valence-corrected chi connectivity index (χ2v) is 6.82. The molecular weight excluding hydrogens is 244 g/mol. The minimum absolute atomic E-state index is 0.609. The van der Waals surface area contributed by atoms with Gasteiger partial charge in [0.15, 0.2) is 0 Å². The van der Waals surface area contributed by atoms with Gasteiger partial charge in [0.25, 0.3) is 0 Å². The molecule has 1 N–H and O–H groups in total. The van der Waals surface area contributed by atoms with Crippen LogP contribution in [0.15, 0.2) is 24.3 Å². The topological polar surface area (TPSA) is 15.3 Å². The maximum Gasteiger partial charge on any atom is 0.0354 e. The van der Waals surface area contributed by atoms with Crippen LogP contribution in [0.1, 0.15) is 50.3 Å². The normalized spacial score (nSPS) is 26.9. The zero-order valence-electron chi connectivity index (χ0n) is 12.9. The van der Waals surface area contributed by atoms with Crippen LogP contribution in [0.25, 0.3) is 0 Å². The van der Waals surface area contributed by atoms with Gasteiger partial charge in [-0.05, 0) is 55.8 Å². The highest BCUT2D eigenvalue weighted by Gasteiger charge is 2.30. The van der Waals surface area contributed by atoms with E-state index in [0.717, 1.165) is 5.92 Å². The van der Waals surface area contributed by atoms with Crippen LogP contribution in [0.5, 0.6) is 0 Å². The van der Waals surface area contributed by atoms with Crippen molar-refractivity contribution in [3.63, 3.8) is 0 Å². The van der Waals surface area contributed by atoms with E-state index in [9.17, 15) is 0 Å². The van der Waals surface area contributed by atoms with E-state index in [2.05, 4.69) is 48.3 Å². The summed E-state index contributed by atoms with van der Waals surface area (Å²) in [6.45, 7) is 8.24. The summed E-state index contributed by atoms with van der Waals surface area (Å²) in [6.07, 6.45) is 5.35. The third-order valence-corrected chi connectivity index (χ3v) is 4.91. The van der Waals surface area contributed by atoms with Gasteiger partial charge in [-0.3, -0.25) is 4.90 Å². The van der Waals surface area contributed by atoms with Crippen molar-refractivity contribution in [2.75, 3.05) is 19.6 Å². The molecule has 0 spiro atoms. The molecule has 2 heteroatoms. The third-order valence-electron chi connectivity index (χ3n) is 4.91. The molecule has 0 bridgehead atoms. The molecule has 0 aromatic heterocycles. The van der Waals surface area contributed by atoms with Crippen LogP contribution in [0.3, 0.4) is 0 Å². The highest BCUT2D eigenvalue weighted by atomic mass is 15.2. The largest absolute Gasteiger partial charge is 0.314 e. The van der Waals surface area contributed by atoms with Gasteiger partial charge < -0.3 is 5.32 Å². The number of piperidine rings is 1. The van der Waals surface area contributed by atoms with Crippen molar-refractivity contribution in [1.82, 2.24) is 10.2 Å². The molecule has 1 saturated heterocycles. The molecule has 1 aromatic carbocycles. The van der Waals surface area contributed by atoms with Gasteiger partial charge >= 0.3 is 0 Å². The van der Waals surface area contributed by atoms with Crippen LogP contribution >= 0.6 is 0 Å². The Kier molecular flexibility index (Phi) is 4.42. The van der Waals surface area contributed by atoms with Gasteiger partial charge in [-0.25, -0.2) is 0 Å². The third kappa shape index (κ3) is 3.07. The van der Waals surface area contributed by atoms with Gasteiger partial charge in [0.1, 0.15) is 0 Å². The Bertz CT molecular complexity index is 441. The first-order valence-electron chi connectivity index (χ1n) is 8.29. The lowest BCUT2D eigenvalue weighted by Gasteiger charge is -2.37. The van der Waals surface area contributed by atoms with Crippen LogP contribution in [-0.4, -0.2) is 30.6 Å². The number of aryl methyl sites for hydroxylation is 1. The monoisotopic (exact) mass is 272 g/mol. The molecular formula is C18H28N2. The highest BCUT2D eigenvalue weighted by molar-refractivity contribution is 5.34. The second kappa shape index (κ2) is 6.28. The molecule has 1 heterocycles. The van der Waals surface area contributed by atoms with E-state index >= 15 is 0 Å². The van der Waals surface area contributed by atoms with E-state index in [-0.39, 0.29) is 0 Å². The van der Waals surface area contributed by atoms with E-state index in [1.54, 1.807) is 11.1 Å². The molecule has 1 aliphatic carbocycles. The molecule has 110 valence electrons. The van der Waals surface area contributed by atoms with Crippen molar-refractivity contribution >= 4 is 0 Å². The average molecular weight is 272 g/mol. The second-order valence-electron chi connectivity index (χ2n) is 6.82. The van der Waals surface area contributed by atoms with Crippen molar-refractivity contribution in [2.45, 2.75) is 51.6 Å². The number of benzene rings is 1. The standard InChI is InChI=1S/C18H28N2/c1-14(2)19-12-15-6-5-11-20(13-15)18-10-9-16-7-3-4-8-17(16)18/h3-4,7-8,14-15,18-19H,5-6,9-13H2,1-2H3. The summed E-state index contributed by atoms with van der Waals surface area (Å²) in [7, 11) is 0.